The summed E-state index contributed by atoms with van der Waals surface area (Å²) < 4.78 is 10.6. The van der Waals surface area contributed by atoms with E-state index in [4.69, 9.17) is 9.47 Å². The van der Waals surface area contributed by atoms with Crippen LogP contribution in [0.25, 0.3) is 0 Å². The largest absolute Gasteiger partial charge is 0.496 e. The van der Waals surface area contributed by atoms with Crippen molar-refractivity contribution in [3.8, 4) is 11.6 Å². The normalized spacial score (nSPS) is 15.5. The molecule has 7 heteroatoms. The number of urea groups is 1. The molecule has 0 bridgehead atoms. The summed E-state index contributed by atoms with van der Waals surface area (Å²) >= 11 is 0. The van der Waals surface area contributed by atoms with Gasteiger partial charge in [0.05, 0.1) is 32.1 Å². The minimum absolute atomic E-state index is 0.0659. The molecule has 1 saturated heterocycles. The number of nitrogens with one attached hydrogen (secondary N) is 2. The molecule has 28 heavy (non-hydrogen) atoms. The van der Waals surface area contributed by atoms with Gasteiger partial charge in [0.25, 0.3) is 0 Å². The fraction of sp³-hybridized carbons (Fsp3) is 0.429. The topological polar surface area (TPSA) is 75.7 Å². The van der Waals surface area contributed by atoms with Gasteiger partial charge in [-0.2, -0.15) is 0 Å². The lowest BCUT2D eigenvalue weighted by atomic mass is 10.0. The first-order valence-electron chi connectivity index (χ1n) is 9.63. The molecule has 3 rings (SSSR count). The molecule has 0 unspecified atom stereocenters. The Kier molecular flexibility index (Phi) is 7.08. The van der Waals surface area contributed by atoms with Crippen LogP contribution < -0.4 is 20.1 Å². The van der Waals surface area contributed by atoms with Gasteiger partial charge in [0.2, 0.25) is 5.88 Å². The highest BCUT2D eigenvalue weighted by Crippen LogP contribution is 2.30. The van der Waals surface area contributed by atoms with Crippen molar-refractivity contribution < 1.29 is 14.3 Å². The number of likely N-dealkylation sites (tertiary alicyclic amines) is 1. The summed E-state index contributed by atoms with van der Waals surface area (Å²) in [5, 5.41) is 5.81. The van der Waals surface area contributed by atoms with Gasteiger partial charge in [-0.15, -0.1) is 0 Å². The van der Waals surface area contributed by atoms with E-state index in [0.29, 0.717) is 18.1 Å². The van der Waals surface area contributed by atoms with Crippen molar-refractivity contribution in [3.05, 3.63) is 48.2 Å². The van der Waals surface area contributed by atoms with Crippen molar-refractivity contribution in [2.75, 3.05) is 39.2 Å². The molecular weight excluding hydrogens is 356 g/mol. The summed E-state index contributed by atoms with van der Waals surface area (Å²) in [7, 11) is 3.24. The predicted octanol–water partition coefficient (Wildman–Crippen LogP) is 3.45. The van der Waals surface area contributed by atoms with Crippen LogP contribution >= 0.6 is 0 Å². The van der Waals surface area contributed by atoms with E-state index < -0.39 is 0 Å². The average molecular weight is 384 g/mol. The first-order chi connectivity index (χ1) is 13.7. The number of piperidine rings is 1. The second kappa shape index (κ2) is 9.94. The van der Waals surface area contributed by atoms with Gasteiger partial charge in [-0.05, 0) is 38.1 Å². The fourth-order valence-corrected chi connectivity index (χ4v) is 3.55. The van der Waals surface area contributed by atoms with Crippen LogP contribution in [0.4, 0.5) is 10.5 Å². The molecule has 0 radical (unpaired) electrons. The second-order valence-corrected chi connectivity index (χ2v) is 6.78. The van der Waals surface area contributed by atoms with Crippen LogP contribution in [0.5, 0.6) is 11.6 Å². The highest BCUT2D eigenvalue weighted by Gasteiger charge is 2.25. The standard InChI is InChI=1S/C21H28N4O3/c1-27-19-9-5-4-8-17(19)18(25-12-6-3-7-13-25)15-23-21(26)24-16-10-11-20(28-2)22-14-16/h4-5,8-11,14,18H,3,6-7,12-13,15H2,1-2H3,(H2,23,24,26)/t18-/m1/s1. The molecule has 1 fully saturated rings. The number of ether oxygens (including phenoxy) is 2. The van der Waals surface area contributed by atoms with E-state index in [1.807, 2.05) is 18.2 Å². The average Bonchev–Trinajstić information content (AvgIpc) is 2.75. The van der Waals surface area contributed by atoms with Crippen LogP contribution in [-0.4, -0.2) is 49.8 Å². The lowest BCUT2D eigenvalue weighted by Crippen LogP contribution is -2.41. The van der Waals surface area contributed by atoms with Crippen molar-refractivity contribution in [2.24, 2.45) is 0 Å². The zero-order chi connectivity index (χ0) is 19.8. The summed E-state index contributed by atoms with van der Waals surface area (Å²) in [5.74, 6) is 1.35. The third-order valence-electron chi connectivity index (χ3n) is 4.99. The highest BCUT2D eigenvalue weighted by molar-refractivity contribution is 5.89. The number of hydrogen-bond acceptors (Lipinski definition) is 5. The molecule has 1 atom stereocenters. The Balaban J connectivity index is 1.67. The lowest BCUT2D eigenvalue weighted by molar-refractivity contribution is 0.158. The van der Waals surface area contributed by atoms with E-state index in [1.165, 1.54) is 19.3 Å². The maximum Gasteiger partial charge on any atom is 0.319 e. The number of para-hydroxylation sites is 1. The maximum absolute atomic E-state index is 12.4. The van der Waals surface area contributed by atoms with Crippen LogP contribution in [0.15, 0.2) is 42.6 Å². The Bertz CT molecular complexity index is 761. The number of pyridine rings is 1. The monoisotopic (exact) mass is 384 g/mol. The van der Waals surface area contributed by atoms with Crippen molar-refractivity contribution >= 4 is 11.7 Å². The maximum atomic E-state index is 12.4. The summed E-state index contributed by atoms with van der Waals surface area (Å²) in [6.07, 6.45) is 5.18. The van der Waals surface area contributed by atoms with Gasteiger partial charge in [0.15, 0.2) is 0 Å². The van der Waals surface area contributed by atoms with Gasteiger partial charge in [0.1, 0.15) is 5.75 Å². The number of carbonyl (C=O) groups is 1. The lowest BCUT2D eigenvalue weighted by Gasteiger charge is -2.35. The zero-order valence-corrected chi connectivity index (χ0v) is 16.5. The molecule has 0 saturated carbocycles. The Labute approximate surface area is 166 Å². The fourth-order valence-electron chi connectivity index (χ4n) is 3.55. The van der Waals surface area contributed by atoms with Crippen molar-refractivity contribution in [1.29, 1.82) is 0 Å². The third-order valence-corrected chi connectivity index (χ3v) is 4.99. The first kappa shape index (κ1) is 19.9. The number of methoxy groups -OCH3 is 2. The van der Waals surface area contributed by atoms with Crippen LogP contribution in [-0.2, 0) is 0 Å². The SMILES string of the molecule is COc1ccc(NC(=O)NC[C@H](c2ccccc2OC)N2CCCCC2)cn1. The Morgan fingerprint density at radius 1 is 1.11 bits per heavy atom. The van der Waals surface area contributed by atoms with Crippen LogP contribution in [0.3, 0.4) is 0 Å². The molecule has 7 nitrogen and oxygen atoms in total. The van der Waals surface area contributed by atoms with Crippen LogP contribution in [0.1, 0.15) is 30.9 Å². The Morgan fingerprint density at radius 3 is 2.57 bits per heavy atom. The number of nitrogens with zero attached hydrogens (tertiary/aromatic N) is 2. The number of aromatic nitrogens is 1. The molecule has 1 aromatic heterocycles. The molecule has 1 aliphatic rings. The third kappa shape index (κ3) is 5.13. The number of amides is 2. The van der Waals surface area contributed by atoms with Gasteiger partial charge < -0.3 is 20.1 Å². The molecule has 2 amide bonds. The van der Waals surface area contributed by atoms with E-state index in [0.717, 1.165) is 24.4 Å². The van der Waals surface area contributed by atoms with E-state index in [-0.39, 0.29) is 12.1 Å². The number of hydrogen-bond donors (Lipinski definition) is 2. The molecule has 0 spiro atoms. The number of benzene rings is 1. The summed E-state index contributed by atoms with van der Waals surface area (Å²) in [6, 6.07) is 11.3. The predicted molar refractivity (Wildman–Crippen MR) is 109 cm³/mol. The number of carbonyl (C=O) groups excluding carboxylic acids is 1. The number of anilines is 1. The van der Waals surface area contributed by atoms with E-state index >= 15 is 0 Å². The van der Waals surface area contributed by atoms with Gasteiger partial charge in [-0.1, -0.05) is 24.6 Å². The molecule has 150 valence electrons. The zero-order valence-electron chi connectivity index (χ0n) is 16.5. The van der Waals surface area contributed by atoms with E-state index in [9.17, 15) is 4.79 Å². The Morgan fingerprint density at radius 2 is 1.89 bits per heavy atom. The van der Waals surface area contributed by atoms with E-state index in [2.05, 4.69) is 26.6 Å². The molecule has 1 aromatic carbocycles. The van der Waals surface area contributed by atoms with E-state index in [1.54, 1.807) is 32.5 Å². The minimum Gasteiger partial charge on any atom is -0.496 e. The van der Waals surface area contributed by atoms with Crippen molar-refractivity contribution in [1.82, 2.24) is 15.2 Å². The van der Waals surface area contributed by atoms with Gasteiger partial charge in [0, 0.05) is 18.2 Å². The molecule has 0 aliphatic carbocycles. The summed E-state index contributed by atoms with van der Waals surface area (Å²) in [5.41, 5.74) is 1.71. The van der Waals surface area contributed by atoms with Crippen molar-refractivity contribution in [2.45, 2.75) is 25.3 Å². The smallest absolute Gasteiger partial charge is 0.319 e. The van der Waals surface area contributed by atoms with Gasteiger partial charge >= 0.3 is 6.03 Å². The molecular formula is C21H28N4O3. The quantitative estimate of drug-likeness (QED) is 0.765. The van der Waals surface area contributed by atoms with Gasteiger partial charge in [-0.25, -0.2) is 9.78 Å². The first-order valence-corrected chi connectivity index (χ1v) is 9.63. The summed E-state index contributed by atoms with van der Waals surface area (Å²) in [6.45, 7) is 2.54. The minimum atomic E-state index is -0.260. The van der Waals surface area contributed by atoms with Crippen LogP contribution in [0, 0.1) is 0 Å². The molecule has 2 N–H and O–H groups in total. The highest BCUT2D eigenvalue weighted by atomic mass is 16.5. The second-order valence-electron chi connectivity index (χ2n) is 6.78. The van der Waals surface area contributed by atoms with Crippen molar-refractivity contribution in [3.63, 3.8) is 0 Å². The number of rotatable bonds is 7. The molecule has 1 aliphatic heterocycles. The van der Waals surface area contributed by atoms with Gasteiger partial charge in [-0.3, -0.25) is 4.90 Å². The summed E-state index contributed by atoms with van der Waals surface area (Å²) in [4.78, 5) is 18.9. The molecule has 2 heterocycles. The van der Waals surface area contributed by atoms with Crippen LogP contribution in [0.2, 0.25) is 0 Å². The molecule has 2 aromatic rings. The Hall–Kier alpha value is -2.80.